The molecule has 1 aromatic heterocycles. The normalized spacial score (nSPS) is 11.0. The van der Waals surface area contributed by atoms with Gasteiger partial charge in [-0.2, -0.15) is 5.10 Å². The third-order valence-electron chi connectivity index (χ3n) is 3.54. The van der Waals surface area contributed by atoms with Crippen LogP contribution in [0.4, 0.5) is 5.69 Å². The quantitative estimate of drug-likeness (QED) is 0.855. The maximum absolute atomic E-state index is 11.8. The Morgan fingerprint density at radius 2 is 2.09 bits per heavy atom. The van der Waals surface area contributed by atoms with Crippen LogP contribution in [0.3, 0.4) is 0 Å². The standard InChI is InChI=1S/C16H21BrN4O/c1-4-20(2)11-13-7-5-6-12(8-13)9-18-14-10-19-21(3)16(22)15(14)17/h5-8,10,18H,4,9,11H2,1-3H3. The summed E-state index contributed by atoms with van der Waals surface area (Å²) in [6.45, 7) is 4.75. The zero-order valence-electron chi connectivity index (χ0n) is 13.1. The van der Waals surface area contributed by atoms with Gasteiger partial charge in [0.15, 0.2) is 0 Å². The predicted molar refractivity (Wildman–Crippen MR) is 93.0 cm³/mol. The first kappa shape index (κ1) is 16.7. The molecule has 0 aliphatic carbocycles. The van der Waals surface area contributed by atoms with Crippen molar-refractivity contribution in [2.24, 2.45) is 7.05 Å². The van der Waals surface area contributed by atoms with Gasteiger partial charge in [-0.1, -0.05) is 31.2 Å². The molecule has 0 aliphatic rings. The van der Waals surface area contributed by atoms with Crippen molar-refractivity contribution in [1.29, 1.82) is 0 Å². The minimum atomic E-state index is -0.150. The molecule has 0 aliphatic heterocycles. The summed E-state index contributed by atoms with van der Waals surface area (Å²) >= 11 is 3.32. The van der Waals surface area contributed by atoms with E-state index >= 15 is 0 Å². The van der Waals surface area contributed by atoms with Gasteiger partial charge in [-0.3, -0.25) is 4.79 Å². The van der Waals surface area contributed by atoms with Crippen molar-refractivity contribution < 1.29 is 0 Å². The summed E-state index contributed by atoms with van der Waals surface area (Å²) in [5.41, 5.74) is 3.02. The Morgan fingerprint density at radius 3 is 2.82 bits per heavy atom. The lowest BCUT2D eigenvalue weighted by Gasteiger charge is -2.15. The van der Waals surface area contributed by atoms with E-state index in [1.54, 1.807) is 13.2 Å². The van der Waals surface area contributed by atoms with E-state index in [1.165, 1.54) is 15.8 Å². The van der Waals surface area contributed by atoms with E-state index in [1.807, 2.05) is 0 Å². The molecular weight excluding hydrogens is 344 g/mol. The summed E-state index contributed by atoms with van der Waals surface area (Å²) in [6, 6.07) is 8.45. The number of nitrogens with zero attached hydrogens (tertiary/aromatic N) is 3. The monoisotopic (exact) mass is 364 g/mol. The predicted octanol–water partition coefficient (Wildman–Crippen LogP) is 2.61. The Kier molecular flexibility index (Phi) is 5.74. The highest BCUT2D eigenvalue weighted by Gasteiger charge is 2.06. The van der Waals surface area contributed by atoms with E-state index < -0.39 is 0 Å². The number of aromatic nitrogens is 2. The van der Waals surface area contributed by atoms with E-state index in [0.717, 1.165) is 13.1 Å². The van der Waals surface area contributed by atoms with Gasteiger partial charge in [-0.05, 0) is 40.6 Å². The highest BCUT2D eigenvalue weighted by Crippen LogP contribution is 2.17. The Morgan fingerprint density at radius 1 is 1.36 bits per heavy atom. The highest BCUT2D eigenvalue weighted by atomic mass is 79.9. The van der Waals surface area contributed by atoms with Crippen LogP contribution in [0.2, 0.25) is 0 Å². The molecule has 0 amide bonds. The summed E-state index contributed by atoms with van der Waals surface area (Å²) in [5, 5.41) is 7.28. The van der Waals surface area contributed by atoms with E-state index in [9.17, 15) is 4.79 Å². The minimum absolute atomic E-state index is 0.150. The first-order chi connectivity index (χ1) is 10.5. The number of benzene rings is 1. The second kappa shape index (κ2) is 7.56. The summed E-state index contributed by atoms with van der Waals surface area (Å²) < 4.78 is 1.81. The fraction of sp³-hybridized carbons (Fsp3) is 0.375. The molecule has 5 nitrogen and oxygen atoms in total. The van der Waals surface area contributed by atoms with Crippen molar-refractivity contribution in [1.82, 2.24) is 14.7 Å². The molecule has 118 valence electrons. The van der Waals surface area contributed by atoms with Crippen LogP contribution in [-0.2, 0) is 20.1 Å². The lowest BCUT2D eigenvalue weighted by Crippen LogP contribution is -2.21. The van der Waals surface area contributed by atoms with E-state index in [0.29, 0.717) is 16.7 Å². The molecular formula is C16H21BrN4O. The minimum Gasteiger partial charge on any atom is -0.379 e. The number of nitrogens with one attached hydrogen (secondary N) is 1. The summed E-state index contributed by atoms with van der Waals surface area (Å²) in [4.78, 5) is 14.1. The van der Waals surface area contributed by atoms with Crippen molar-refractivity contribution in [3.8, 4) is 0 Å². The lowest BCUT2D eigenvalue weighted by molar-refractivity contribution is 0.345. The van der Waals surface area contributed by atoms with Crippen LogP contribution in [0.15, 0.2) is 39.7 Å². The van der Waals surface area contributed by atoms with E-state index in [4.69, 9.17) is 0 Å². The Labute approximate surface area is 139 Å². The fourth-order valence-corrected chi connectivity index (χ4v) is 2.59. The van der Waals surface area contributed by atoms with Crippen molar-refractivity contribution >= 4 is 21.6 Å². The Bertz CT molecular complexity index is 699. The third-order valence-corrected chi connectivity index (χ3v) is 4.31. The van der Waals surface area contributed by atoms with Gasteiger partial charge in [-0.15, -0.1) is 0 Å². The molecule has 0 saturated heterocycles. The second-order valence-electron chi connectivity index (χ2n) is 5.30. The number of halogens is 1. The van der Waals surface area contributed by atoms with Crippen molar-refractivity contribution in [2.45, 2.75) is 20.0 Å². The molecule has 1 N–H and O–H groups in total. The molecule has 1 heterocycles. The molecule has 0 unspecified atom stereocenters. The second-order valence-corrected chi connectivity index (χ2v) is 6.10. The number of hydrogen-bond donors (Lipinski definition) is 1. The molecule has 0 spiro atoms. The summed E-state index contributed by atoms with van der Waals surface area (Å²) in [5.74, 6) is 0. The number of aryl methyl sites for hydroxylation is 1. The number of rotatable bonds is 6. The van der Waals surface area contributed by atoms with Crippen LogP contribution >= 0.6 is 15.9 Å². The van der Waals surface area contributed by atoms with Crippen molar-refractivity contribution in [3.05, 3.63) is 56.4 Å². The summed E-state index contributed by atoms with van der Waals surface area (Å²) in [7, 11) is 3.73. The van der Waals surface area contributed by atoms with Gasteiger partial charge in [-0.25, -0.2) is 4.68 Å². The van der Waals surface area contributed by atoms with E-state index in [-0.39, 0.29) is 5.56 Å². The molecule has 0 bridgehead atoms. The van der Waals surface area contributed by atoms with Gasteiger partial charge in [0.2, 0.25) is 0 Å². The Hall–Kier alpha value is -1.66. The average molecular weight is 365 g/mol. The fourth-order valence-electron chi connectivity index (χ4n) is 2.09. The molecule has 22 heavy (non-hydrogen) atoms. The number of anilines is 1. The zero-order valence-corrected chi connectivity index (χ0v) is 14.7. The lowest BCUT2D eigenvalue weighted by atomic mass is 10.1. The van der Waals surface area contributed by atoms with Crippen LogP contribution in [-0.4, -0.2) is 28.3 Å². The molecule has 0 fully saturated rings. The first-order valence-electron chi connectivity index (χ1n) is 7.23. The molecule has 0 radical (unpaired) electrons. The molecule has 0 saturated carbocycles. The smallest absolute Gasteiger partial charge is 0.282 e. The van der Waals surface area contributed by atoms with E-state index in [2.05, 4.69) is 69.5 Å². The molecule has 0 atom stereocenters. The van der Waals surface area contributed by atoms with Crippen LogP contribution in [0, 0.1) is 0 Å². The molecule has 2 rings (SSSR count). The van der Waals surface area contributed by atoms with Gasteiger partial charge in [0, 0.05) is 20.1 Å². The SMILES string of the molecule is CCN(C)Cc1cccc(CNc2cnn(C)c(=O)c2Br)c1. The maximum Gasteiger partial charge on any atom is 0.282 e. The Balaban J connectivity index is 2.07. The van der Waals surface area contributed by atoms with Crippen LogP contribution in [0.5, 0.6) is 0 Å². The van der Waals surface area contributed by atoms with Crippen LogP contribution < -0.4 is 10.9 Å². The number of hydrogen-bond acceptors (Lipinski definition) is 4. The zero-order chi connectivity index (χ0) is 16.1. The first-order valence-corrected chi connectivity index (χ1v) is 8.02. The average Bonchev–Trinajstić information content (AvgIpc) is 2.52. The molecule has 1 aromatic carbocycles. The van der Waals surface area contributed by atoms with Crippen LogP contribution in [0.25, 0.3) is 0 Å². The summed E-state index contributed by atoms with van der Waals surface area (Å²) in [6.07, 6.45) is 1.65. The topological polar surface area (TPSA) is 50.2 Å². The molecule has 6 heteroatoms. The largest absolute Gasteiger partial charge is 0.379 e. The highest BCUT2D eigenvalue weighted by molar-refractivity contribution is 9.10. The van der Waals surface area contributed by atoms with Gasteiger partial charge in [0.25, 0.3) is 5.56 Å². The third kappa shape index (κ3) is 4.18. The van der Waals surface area contributed by atoms with Crippen molar-refractivity contribution in [2.75, 3.05) is 18.9 Å². The van der Waals surface area contributed by atoms with Gasteiger partial charge in [0.05, 0.1) is 11.9 Å². The molecule has 2 aromatic rings. The van der Waals surface area contributed by atoms with Crippen molar-refractivity contribution in [3.63, 3.8) is 0 Å². The maximum atomic E-state index is 11.8. The van der Waals surface area contributed by atoms with Gasteiger partial charge >= 0.3 is 0 Å². The van der Waals surface area contributed by atoms with Crippen LogP contribution in [0.1, 0.15) is 18.1 Å². The van der Waals surface area contributed by atoms with Gasteiger partial charge < -0.3 is 10.2 Å². The van der Waals surface area contributed by atoms with Gasteiger partial charge in [0.1, 0.15) is 4.47 Å².